The lowest BCUT2D eigenvalue weighted by Crippen LogP contribution is -2.17. The van der Waals surface area contributed by atoms with Crippen molar-refractivity contribution in [1.29, 1.82) is 0 Å². The Balaban J connectivity index is 1.45. The van der Waals surface area contributed by atoms with Crippen LogP contribution in [0.4, 0.5) is 5.69 Å². The molecule has 0 bridgehead atoms. The monoisotopic (exact) mass is 395 g/mol. The van der Waals surface area contributed by atoms with Crippen molar-refractivity contribution < 1.29 is 9.59 Å². The third-order valence-corrected chi connectivity index (χ3v) is 5.20. The number of azo groups is 1. The zero-order chi connectivity index (χ0) is 20.7. The molecule has 0 radical (unpaired) electrons. The maximum Gasteiger partial charge on any atom is 0.276 e. The molecule has 30 heavy (non-hydrogen) atoms. The summed E-state index contributed by atoms with van der Waals surface area (Å²) < 4.78 is 1.74. The Morgan fingerprint density at radius 3 is 2.90 bits per heavy atom. The fraction of sp³-hybridized carbons (Fsp3) is 0.0870. The predicted molar refractivity (Wildman–Crippen MR) is 113 cm³/mol. The van der Waals surface area contributed by atoms with Crippen LogP contribution in [0.25, 0.3) is 11.3 Å². The van der Waals surface area contributed by atoms with Crippen LogP contribution in [0.1, 0.15) is 21.6 Å². The Hall–Kier alpha value is -4.13. The Bertz CT molecular complexity index is 1330. The molecule has 0 saturated carbocycles. The van der Waals surface area contributed by atoms with Crippen LogP contribution in [0.15, 0.2) is 88.9 Å². The third kappa shape index (κ3) is 2.97. The van der Waals surface area contributed by atoms with Crippen LogP contribution in [0.5, 0.6) is 0 Å². The highest BCUT2D eigenvalue weighted by molar-refractivity contribution is 6.03. The molecule has 1 aliphatic heterocycles. The first kappa shape index (κ1) is 17.9. The first-order valence-corrected chi connectivity index (χ1v) is 9.51. The molecule has 1 aromatic carbocycles. The van der Waals surface area contributed by atoms with E-state index in [1.165, 1.54) is 0 Å². The van der Waals surface area contributed by atoms with Gasteiger partial charge in [0.1, 0.15) is 11.3 Å². The summed E-state index contributed by atoms with van der Waals surface area (Å²) in [4.78, 5) is 29.0. The number of amides is 2. The molecule has 2 amide bonds. The van der Waals surface area contributed by atoms with E-state index in [2.05, 4.69) is 20.5 Å². The van der Waals surface area contributed by atoms with Crippen LogP contribution >= 0.6 is 0 Å². The van der Waals surface area contributed by atoms with E-state index in [1.807, 2.05) is 67.6 Å². The summed E-state index contributed by atoms with van der Waals surface area (Å²) >= 11 is 0. The molecular weight excluding hydrogens is 378 g/mol. The summed E-state index contributed by atoms with van der Waals surface area (Å²) in [6, 6.07) is 11.2. The molecular formula is C23H17N5O2. The van der Waals surface area contributed by atoms with Crippen molar-refractivity contribution in [1.82, 2.24) is 9.38 Å². The van der Waals surface area contributed by atoms with E-state index in [9.17, 15) is 9.59 Å². The number of hydrogen-bond donors (Lipinski definition) is 1. The average Bonchev–Trinajstić information content (AvgIpc) is 3.19. The van der Waals surface area contributed by atoms with Crippen molar-refractivity contribution in [2.75, 3.05) is 5.32 Å². The lowest BCUT2D eigenvalue weighted by Gasteiger charge is -2.20. The topological polar surface area (TPSA) is 88.2 Å². The Labute approximate surface area is 172 Å². The molecule has 1 N–H and O–H groups in total. The van der Waals surface area contributed by atoms with Crippen LogP contribution in [0.3, 0.4) is 0 Å². The molecule has 2 aromatic heterocycles. The second-order valence-electron chi connectivity index (χ2n) is 7.12. The van der Waals surface area contributed by atoms with Gasteiger partial charge in [-0.1, -0.05) is 36.4 Å². The zero-order valence-corrected chi connectivity index (χ0v) is 16.1. The first-order valence-electron chi connectivity index (χ1n) is 9.51. The number of nitrogens with zero attached hydrogens (tertiary/aromatic N) is 4. The molecule has 5 rings (SSSR count). The maximum atomic E-state index is 12.7. The van der Waals surface area contributed by atoms with Gasteiger partial charge in [-0.3, -0.25) is 14.0 Å². The number of aryl methyl sites for hydroxylation is 1. The minimum absolute atomic E-state index is 0.244. The van der Waals surface area contributed by atoms with Crippen LogP contribution in [-0.4, -0.2) is 21.2 Å². The van der Waals surface area contributed by atoms with Gasteiger partial charge in [-0.05, 0) is 42.3 Å². The number of benzene rings is 1. The molecule has 146 valence electrons. The highest BCUT2D eigenvalue weighted by Gasteiger charge is 2.28. The molecule has 1 aliphatic carbocycles. The molecule has 1 atom stereocenters. The Morgan fingerprint density at radius 2 is 2.03 bits per heavy atom. The normalized spacial score (nSPS) is 17.5. The molecule has 0 fully saturated rings. The fourth-order valence-corrected chi connectivity index (χ4v) is 3.71. The number of allylic oxidation sites excluding steroid dienone is 3. The van der Waals surface area contributed by atoms with Crippen molar-refractivity contribution in [3.8, 4) is 0 Å². The molecule has 0 spiro atoms. The van der Waals surface area contributed by atoms with Gasteiger partial charge >= 0.3 is 0 Å². The van der Waals surface area contributed by atoms with Crippen molar-refractivity contribution in [3.05, 3.63) is 95.5 Å². The number of nitrogens with one attached hydrogen (secondary N) is 1. The molecule has 3 aromatic rings. The van der Waals surface area contributed by atoms with Gasteiger partial charge in [0.25, 0.3) is 11.8 Å². The van der Waals surface area contributed by atoms with E-state index < -0.39 is 5.92 Å². The van der Waals surface area contributed by atoms with Gasteiger partial charge in [-0.25, -0.2) is 4.98 Å². The van der Waals surface area contributed by atoms with E-state index in [0.717, 1.165) is 16.7 Å². The minimum Gasteiger partial charge on any atom is -0.321 e. The van der Waals surface area contributed by atoms with Crippen LogP contribution < -0.4 is 5.32 Å². The molecule has 2 aliphatic rings. The molecule has 7 nitrogen and oxygen atoms in total. The number of rotatable bonds is 3. The molecule has 0 saturated heterocycles. The summed E-state index contributed by atoms with van der Waals surface area (Å²) in [5.41, 5.74) is 5.14. The number of aromatic nitrogens is 2. The fourth-order valence-electron chi connectivity index (χ4n) is 3.71. The van der Waals surface area contributed by atoms with Gasteiger partial charge in [0.05, 0.1) is 17.8 Å². The van der Waals surface area contributed by atoms with Crippen molar-refractivity contribution in [3.63, 3.8) is 0 Å². The number of anilines is 1. The van der Waals surface area contributed by atoms with Crippen molar-refractivity contribution in [2.24, 2.45) is 16.1 Å². The molecule has 3 heterocycles. The average molecular weight is 395 g/mol. The van der Waals surface area contributed by atoms with Gasteiger partial charge in [0.15, 0.2) is 0 Å². The summed E-state index contributed by atoms with van der Waals surface area (Å²) in [6.45, 7) is 1.94. The lowest BCUT2D eigenvalue weighted by molar-refractivity contribution is -0.119. The maximum absolute atomic E-state index is 12.7. The smallest absolute Gasteiger partial charge is 0.276 e. The zero-order valence-electron chi connectivity index (χ0n) is 16.1. The van der Waals surface area contributed by atoms with Gasteiger partial charge in [-0.15, -0.1) is 10.2 Å². The Morgan fingerprint density at radius 1 is 1.13 bits per heavy atom. The largest absolute Gasteiger partial charge is 0.321 e. The third-order valence-electron chi connectivity index (χ3n) is 5.20. The number of pyridine rings is 1. The van der Waals surface area contributed by atoms with Gasteiger partial charge in [0, 0.05) is 17.4 Å². The molecule has 1 unspecified atom stereocenters. The van der Waals surface area contributed by atoms with Gasteiger partial charge in [-0.2, -0.15) is 0 Å². The Kier molecular flexibility index (Phi) is 4.21. The van der Waals surface area contributed by atoms with Crippen LogP contribution in [0.2, 0.25) is 0 Å². The van der Waals surface area contributed by atoms with Crippen LogP contribution in [0, 0.1) is 12.8 Å². The summed E-state index contributed by atoms with van der Waals surface area (Å²) in [7, 11) is 0. The van der Waals surface area contributed by atoms with E-state index in [0.29, 0.717) is 22.7 Å². The quantitative estimate of drug-likeness (QED) is 0.715. The number of hydrogen-bond acceptors (Lipinski definition) is 4. The SMILES string of the molecule is Cc1cc(NC(=O)c2cnc3ccccn23)ccc1C1=C2C=CC=CC2C(=O)N=N1. The second-order valence-corrected chi connectivity index (χ2v) is 7.12. The second kappa shape index (κ2) is 7.04. The summed E-state index contributed by atoms with van der Waals surface area (Å²) in [6.07, 6.45) is 10.8. The number of carbonyl (C=O) groups excluding carboxylic acids is 2. The van der Waals surface area contributed by atoms with Crippen molar-refractivity contribution >= 4 is 28.8 Å². The van der Waals surface area contributed by atoms with Crippen LogP contribution in [-0.2, 0) is 4.79 Å². The number of fused-ring (bicyclic) bond motifs is 2. The van der Waals surface area contributed by atoms with Gasteiger partial charge in [0.2, 0.25) is 0 Å². The van der Waals surface area contributed by atoms with Crippen molar-refractivity contribution in [2.45, 2.75) is 6.92 Å². The van der Waals surface area contributed by atoms with Gasteiger partial charge < -0.3 is 5.32 Å². The van der Waals surface area contributed by atoms with E-state index >= 15 is 0 Å². The highest BCUT2D eigenvalue weighted by Crippen LogP contribution is 2.35. The predicted octanol–water partition coefficient (Wildman–Crippen LogP) is 4.34. The summed E-state index contributed by atoms with van der Waals surface area (Å²) in [5, 5.41) is 10.9. The van der Waals surface area contributed by atoms with E-state index in [4.69, 9.17) is 0 Å². The number of carbonyl (C=O) groups is 2. The van der Waals surface area contributed by atoms with E-state index in [-0.39, 0.29) is 11.8 Å². The standard InChI is InChI=1S/C23H17N5O2/c1-14-12-15(25-23(30)19-13-24-20-8-4-5-11-28(19)20)9-10-16(14)21-17-6-2-3-7-18(17)22(29)27-26-21/h2-13,18H,1H3,(H,25,30). The van der Waals surface area contributed by atoms with E-state index in [1.54, 1.807) is 16.8 Å². The number of imidazole rings is 1. The lowest BCUT2D eigenvalue weighted by atomic mass is 9.88. The highest BCUT2D eigenvalue weighted by atomic mass is 16.2. The summed E-state index contributed by atoms with van der Waals surface area (Å²) in [5.74, 6) is -0.897. The minimum atomic E-state index is -0.392. The first-order chi connectivity index (χ1) is 14.6. The molecule has 7 heteroatoms.